The molecule has 0 aliphatic heterocycles. The van der Waals surface area contributed by atoms with Gasteiger partial charge in [-0.2, -0.15) is 0 Å². The van der Waals surface area contributed by atoms with E-state index in [2.05, 4.69) is 347 Å². The quantitative estimate of drug-likeness (QED) is 0.144. The standard InChI is InChI=1S/C105H61N5O3/c1-3-19-69(20-4-1)105(70-21-5-2-6-22-70)88-59-68(35-44-73(88)74-45-42-72(61-89(74)105)109-92-30-14-8-24-76(92)82-54-63(37-48-95(82)109)66-40-51-101-85(57-66)79-27-11-17-33-98(79)112-101)103-87-60-71(108-91-29-13-7-23-75(91)81-53-62(36-47-94(81)108)65-39-50-100-84(56-65)78-26-10-16-32-97(78)111-100)43-46-90(87)106-104(107-103)110-93-31-15-9-25-77(93)83-55-64(38-49-96(83)110)67-41-52-102-86(58-67)80-28-12-18-34-99(80)113-102/h1-61H. The van der Waals surface area contributed by atoms with Gasteiger partial charge in [-0.25, -0.2) is 9.97 Å². The van der Waals surface area contributed by atoms with Gasteiger partial charge in [0.25, 0.3) is 0 Å². The third kappa shape index (κ3) is 8.97. The second-order valence-electron chi connectivity index (χ2n) is 30.2. The van der Waals surface area contributed by atoms with Gasteiger partial charge in [0.2, 0.25) is 5.95 Å². The number of fused-ring (bicyclic) bond motifs is 22. The predicted octanol–water partition coefficient (Wildman–Crippen LogP) is 27.7. The number of para-hydroxylation sites is 6. The molecule has 0 unspecified atom stereocenters. The topological polar surface area (TPSA) is 80.0 Å². The van der Waals surface area contributed by atoms with Gasteiger partial charge in [-0.05, 0) is 212 Å². The van der Waals surface area contributed by atoms with Crippen LogP contribution >= 0.6 is 0 Å². The van der Waals surface area contributed by atoms with Crippen molar-refractivity contribution in [2.75, 3.05) is 0 Å². The lowest BCUT2D eigenvalue weighted by Crippen LogP contribution is -2.28. The van der Waals surface area contributed by atoms with E-state index in [-0.39, 0.29) is 0 Å². The molecular weight excluding hydrogens is 1380 g/mol. The average Bonchev–Trinajstić information content (AvgIpc) is 1.54. The van der Waals surface area contributed by atoms with Crippen molar-refractivity contribution in [3.8, 4) is 73.1 Å². The molecule has 0 saturated carbocycles. The maximum Gasteiger partial charge on any atom is 0.235 e. The van der Waals surface area contributed by atoms with Crippen LogP contribution in [0, 0.1) is 0 Å². The summed E-state index contributed by atoms with van der Waals surface area (Å²) in [5.41, 5.74) is 29.5. The van der Waals surface area contributed by atoms with Gasteiger partial charge in [-0.3, -0.25) is 4.57 Å². The van der Waals surface area contributed by atoms with Crippen molar-refractivity contribution >= 4 is 142 Å². The van der Waals surface area contributed by atoms with Gasteiger partial charge in [0.15, 0.2) is 0 Å². The summed E-state index contributed by atoms with van der Waals surface area (Å²) in [5, 5.41) is 14.5. The van der Waals surface area contributed by atoms with Gasteiger partial charge in [0.1, 0.15) is 33.5 Å². The number of rotatable bonds is 9. The van der Waals surface area contributed by atoms with Gasteiger partial charge in [-0.15, -0.1) is 0 Å². The molecule has 25 rings (SSSR count). The first-order valence-corrected chi connectivity index (χ1v) is 38.6. The predicted molar refractivity (Wildman–Crippen MR) is 463 cm³/mol. The zero-order valence-corrected chi connectivity index (χ0v) is 60.7. The van der Waals surface area contributed by atoms with E-state index in [0.717, 1.165) is 204 Å². The monoisotopic (exact) mass is 1440 g/mol. The summed E-state index contributed by atoms with van der Waals surface area (Å²) in [6.07, 6.45) is 0. The molecule has 0 bridgehead atoms. The number of nitrogens with zero attached hydrogens (tertiary/aromatic N) is 5. The summed E-state index contributed by atoms with van der Waals surface area (Å²) in [6, 6.07) is 135. The minimum absolute atomic E-state index is 0.577. The molecule has 113 heavy (non-hydrogen) atoms. The minimum Gasteiger partial charge on any atom is -0.456 e. The smallest absolute Gasteiger partial charge is 0.235 e. The van der Waals surface area contributed by atoms with Crippen LogP contribution in [0.25, 0.3) is 215 Å². The van der Waals surface area contributed by atoms with Crippen LogP contribution < -0.4 is 0 Å². The van der Waals surface area contributed by atoms with Crippen molar-refractivity contribution in [2.45, 2.75) is 5.41 Å². The van der Waals surface area contributed by atoms with Crippen molar-refractivity contribution in [1.82, 2.24) is 23.7 Å². The average molecular weight is 1440 g/mol. The Labute approximate surface area is 645 Å². The number of furan rings is 3. The third-order valence-corrected chi connectivity index (χ3v) is 24.3. The molecule has 24 aromatic rings. The Balaban J connectivity index is 0.695. The molecule has 7 aromatic heterocycles. The largest absolute Gasteiger partial charge is 0.456 e. The Morgan fingerprint density at radius 3 is 1.02 bits per heavy atom. The van der Waals surface area contributed by atoms with Crippen LogP contribution in [0.1, 0.15) is 22.3 Å². The normalized spacial score (nSPS) is 12.8. The Bertz CT molecular complexity index is 8170. The zero-order valence-electron chi connectivity index (χ0n) is 60.7. The Kier molecular flexibility index (Phi) is 12.8. The zero-order chi connectivity index (χ0) is 73.7. The Morgan fingerprint density at radius 1 is 0.212 bits per heavy atom. The van der Waals surface area contributed by atoms with E-state index >= 15 is 0 Å². The van der Waals surface area contributed by atoms with E-state index in [0.29, 0.717) is 5.95 Å². The summed E-state index contributed by atoms with van der Waals surface area (Å²) >= 11 is 0. The highest BCUT2D eigenvalue weighted by Gasteiger charge is 2.47. The second-order valence-corrected chi connectivity index (χ2v) is 30.2. The molecule has 17 aromatic carbocycles. The third-order valence-electron chi connectivity index (χ3n) is 24.3. The molecule has 0 N–H and O–H groups in total. The van der Waals surface area contributed by atoms with E-state index in [9.17, 15) is 0 Å². The molecule has 1 aliphatic carbocycles. The number of hydrogen-bond acceptors (Lipinski definition) is 5. The molecule has 0 radical (unpaired) electrons. The van der Waals surface area contributed by atoms with Crippen molar-refractivity contribution in [2.24, 2.45) is 0 Å². The van der Waals surface area contributed by atoms with Crippen molar-refractivity contribution in [3.63, 3.8) is 0 Å². The van der Waals surface area contributed by atoms with Gasteiger partial charge in [0, 0.05) is 87.0 Å². The molecule has 0 atom stereocenters. The Hall–Kier alpha value is -15.1. The van der Waals surface area contributed by atoms with Crippen LogP contribution in [0.15, 0.2) is 383 Å². The maximum absolute atomic E-state index is 6.32. The summed E-state index contributed by atoms with van der Waals surface area (Å²) < 4.78 is 26.1. The van der Waals surface area contributed by atoms with Gasteiger partial charge >= 0.3 is 0 Å². The molecule has 8 nitrogen and oxygen atoms in total. The van der Waals surface area contributed by atoms with Gasteiger partial charge in [-0.1, -0.05) is 224 Å². The molecule has 1 aliphatic rings. The number of hydrogen-bond donors (Lipinski definition) is 0. The van der Waals surface area contributed by atoms with Crippen LogP contribution in [0.3, 0.4) is 0 Å². The first-order valence-electron chi connectivity index (χ1n) is 38.6. The summed E-state index contributed by atoms with van der Waals surface area (Å²) in [5.74, 6) is 0.577. The molecule has 0 spiro atoms. The minimum atomic E-state index is -0.808. The first-order chi connectivity index (χ1) is 56.0. The van der Waals surface area contributed by atoms with Gasteiger partial charge < -0.3 is 22.4 Å². The van der Waals surface area contributed by atoms with Crippen LogP contribution in [-0.2, 0) is 5.41 Å². The SMILES string of the molecule is c1ccc(C2(c3ccccc3)c3cc(-c4nc(-n5c6ccccc6c6cc(-c7ccc8oc9ccccc9c8c7)ccc65)nc5ccc(-n6c7ccccc7c7cc(-c8ccc9oc%10ccccc%10c9c8)ccc76)cc45)ccc3-c3ccc(-n4c5ccccc5c5cc(-c6ccc7oc8ccccc8c7c6)ccc54)cc32)cc1. The first kappa shape index (κ1) is 61.8. The summed E-state index contributed by atoms with van der Waals surface area (Å²) in [6.45, 7) is 0. The van der Waals surface area contributed by atoms with E-state index in [1.165, 1.54) is 27.5 Å². The highest BCUT2D eigenvalue weighted by molar-refractivity contribution is 6.16. The second kappa shape index (κ2) is 23.5. The van der Waals surface area contributed by atoms with E-state index < -0.39 is 5.41 Å². The fraction of sp³-hybridized carbons (Fsp3) is 0.00952. The maximum atomic E-state index is 6.32. The van der Waals surface area contributed by atoms with Crippen LogP contribution in [-0.4, -0.2) is 23.7 Å². The van der Waals surface area contributed by atoms with Gasteiger partial charge in [0.05, 0.1) is 49.7 Å². The summed E-state index contributed by atoms with van der Waals surface area (Å²) in [7, 11) is 0. The molecule has 7 heterocycles. The van der Waals surface area contributed by atoms with Crippen molar-refractivity contribution in [1.29, 1.82) is 0 Å². The lowest BCUT2D eigenvalue weighted by Gasteiger charge is -2.34. The molecular formula is C105H61N5O3. The van der Waals surface area contributed by atoms with Crippen LogP contribution in [0.4, 0.5) is 0 Å². The van der Waals surface area contributed by atoms with Crippen LogP contribution in [0.5, 0.6) is 0 Å². The van der Waals surface area contributed by atoms with Crippen LogP contribution in [0.2, 0.25) is 0 Å². The number of benzene rings is 17. The highest BCUT2D eigenvalue weighted by Crippen LogP contribution is 2.58. The molecule has 524 valence electrons. The molecule has 0 saturated heterocycles. The lowest BCUT2D eigenvalue weighted by molar-refractivity contribution is 0.668. The summed E-state index contributed by atoms with van der Waals surface area (Å²) in [4.78, 5) is 11.8. The Morgan fingerprint density at radius 2 is 0.549 bits per heavy atom. The molecule has 0 amide bonds. The molecule has 8 heteroatoms. The van der Waals surface area contributed by atoms with E-state index in [1.807, 2.05) is 36.4 Å². The number of aromatic nitrogens is 5. The van der Waals surface area contributed by atoms with E-state index in [4.69, 9.17) is 23.2 Å². The molecule has 0 fully saturated rings. The fourth-order valence-corrected chi connectivity index (χ4v) is 19.3. The van der Waals surface area contributed by atoms with E-state index in [1.54, 1.807) is 0 Å². The van der Waals surface area contributed by atoms with Crippen molar-refractivity contribution < 1.29 is 13.3 Å². The van der Waals surface area contributed by atoms with Crippen molar-refractivity contribution in [3.05, 3.63) is 392 Å². The lowest BCUT2D eigenvalue weighted by atomic mass is 9.67. The highest BCUT2D eigenvalue weighted by atomic mass is 16.3. The fourth-order valence-electron chi connectivity index (χ4n) is 19.3.